The quantitative estimate of drug-likeness (QED) is 0.193. The van der Waals surface area contributed by atoms with Crippen LogP contribution in [0.2, 0.25) is 0 Å². The van der Waals surface area contributed by atoms with Crippen LogP contribution in [0.25, 0.3) is 11.1 Å². The highest BCUT2D eigenvalue weighted by atomic mass is 32.2. The smallest absolute Gasteiger partial charge is 0.00723 e. The van der Waals surface area contributed by atoms with Gasteiger partial charge in [0.15, 0.2) is 0 Å². The van der Waals surface area contributed by atoms with E-state index in [0.29, 0.717) is 0 Å². The van der Waals surface area contributed by atoms with E-state index in [0.717, 1.165) is 0 Å². The predicted molar refractivity (Wildman–Crippen MR) is 135 cm³/mol. The van der Waals surface area contributed by atoms with Crippen LogP contribution in [0.1, 0.15) is 84.5 Å². The van der Waals surface area contributed by atoms with Gasteiger partial charge in [0, 0.05) is 9.79 Å². The van der Waals surface area contributed by atoms with Gasteiger partial charge in [0.2, 0.25) is 0 Å². The van der Waals surface area contributed by atoms with Crippen molar-refractivity contribution < 1.29 is 0 Å². The summed E-state index contributed by atoms with van der Waals surface area (Å²) < 4.78 is 0. The van der Waals surface area contributed by atoms with Crippen molar-refractivity contribution in [1.29, 1.82) is 0 Å². The van der Waals surface area contributed by atoms with Gasteiger partial charge in [-0.05, 0) is 59.7 Å². The number of thioether (sulfide) groups is 2. The van der Waals surface area contributed by atoms with Gasteiger partial charge < -0.3 is 0 Å². The second-order valence-electron chi connectivity index (χ2n) is 7.93. The minimum Gasteiger partial charge on any atom is -0.126 e. The summed E-state index contributed by atoms with van der Waals surface area (Å²) in [6.45, 7) is 4.56. The first-order chi connectivity index (χ1) is 14.3. The van der Waals surface area contributed by atoms with Crippen molar-refractivity contribution in [2.45, 2.75) is 94.3 Å². The Hall–Kier alpha value is -0.860. The number of unbranched alkanes of at least 4 members (excludes halogenated alkanes) is 9. The summed E-state index contributed by atoms with van der Waals surface area (Å²) >= 11 is 4.00. The lowest BCUT2D eigenvalue weighted by molar-refractivity contribution is 0.603. The molecule has 2 aromatic rings. The molecule has 0 amide bonds. The van der Waals surface area contributed by atoms with E-state index in [1.54, 1.807) is 0 Å². The molecule has 0 radical (unpaired) electrons. The Morgan fingerprint density at radius 2 is 0.793 bits per heavy atom. The van der Waals surface area contributed by atoms with Crippen molar-refractivity contribution in [2.75, 3.05) is 11.5 Å². The zero-order chi connectivity index (χ0) is 20.6. The summed E-state index contributed by atoms with van der Waals surface area (Å²) in [7, 11) is 0. The summed E-state index contributed by atoms with van der Waals surface area (Å²) in [5.41, 5.74) is 2.65. The van der Waals surface area contributed by atoms with Gasteiger partial charge in [0.25, 0.3) is 0 Å². The maximum Gasteiger partial charge on any atom is 0.00723 e. The maximum atomic E-state index is 2.29. The fraction of sp³-hybridized carbons (Fsp3) is 0.556. The van der Waals surface area contributed by atoms with Crippen LogP contribution in [0, 0.1) is 0 Å². The molecule has 0 nitrogen and oxygen atoms in total. The van der Waals surface area contributed by atoms with E-state index in [9.17, 15) is 0 Å². The Kier molecular flexibility index (Phi) is 13.4. The molecule has 2 heteroatoms. The molecular weight excluding hydrogens is 388 g/mol. The summed E-state index contributed by atoms with van der Waals surface area (Å²) in [5, 5.41) is 0. The Bertz CT molecular complexity index is 631. The van der Waals surface area contributed by atoms with E-state index in [2.05, 4.69) is 62.4 Å². The van der Waals surface area contributed by atoms with Crippen molar-refractivity contribution in [3.8, 4) is 11.1 Å². The lowest BCUT2D eigenvalue weighted by Gasteiger charge is -2.07. The molecule has 0 atom stereocenters. The van der Waals surface area contributed by atoms with E-state index in [4.69, 9.17) is 0 Å². The van der Waals surface area contributed by atoms with Gasteiger partial charge in [-0.25, -0.2) is 0 Å². The summed E-state index contributed by atoms with van der Waals surface area (Å²) in [6.07, 6.45) is 15.1. The van der Waals surface area contributed by atoms with Gasteiger partial charge in [-0.2, -0.15) is 0 Å². The van der Waals surface area contributed by atoms with E-state index >= 15 is 0 Å². The molecule has 0 aliphatic rings. The molecule has 0 unspecified atom stereocenters. The maximum absolute atomic E-state index is 2.29. The molecule has 0 spiro atoms. The fourth-order valence-corrected chi connectivity index (χ4v) is 5.28. The van der Waals surface area contributed by atoms with Crippen molar-refractivity contribution in [1.82, 2.24) is 0 Å². The molecule has 29 heavy (non-hydrogen) atoms. The third kappa shape index (κ3) is 10.6. The second-order valence-corrected chi connectivity index (χ2v) is 10.3. The standard InChI is InChI=1S/C27H40S2/c1-3-5-7-9-10-11-13-23-29-27-20-16-25(17-21-27)24-14-18-26(19-15-24)28-22-12-8-6-4-2/h14-21H,3-13,22-23H2,1-2H3. The molecule has 160 valence electrons. The minimum atomic E-state index is 1.24. The van der Waals surface area contributed by atoms with E-state index in [-0.39, 0.29) is 0 Å². The van der Waals surface area contributed by atoms with Gasteiger partial charge in [0.1, 0.15) is 0 Å². The lowest BCUT2D eigenvalue weighted by atomic mass is 10.1. The van der Waals surface area contributed by atoms with E-state index in [1.807, 2.05) is 23.5 Å². The largest absolute Gasteiger partial charge is 0.126 e. The highest BCUT2D eigenvalue weighted by Crippen LogP contribution is 2.27. The Balaban J connectivity index is 1.67. The molecule has 0 aromatic heterocycles. The van der Waals surface area contributed by atoms with E-state index in [1.165, 1.54) is 103 Å². The molecule has 0 aliphatic heterocycles. The van der Waals surface area contributed by atoms with Gasteiger partial charge in [-0.15, -0.1) is 23.5 Å². The second kappa shape index (κ2) is 15.9. The Morgan fingerprint density at radius 1 is 0.448 bits per heavy atom. The van der Waals surface area contributed by atoms with Crippen LogP contribution in [0.15, 0.2) is 58.3 Å². The summed E-state index contributed by atoms with van der Waals surface area (Å²) in [6, 6.07) is 18.2. The van der Waals surface area contributed by atoms with Crippen LogP contribution >= 0.6 is 23.5 Å². The zero-order valence-electron chi connectivity index (χ0n) is 18.6. The first-order valence-corrected chi connectivity index (χ1v) is 13.8. The van der Waals surface area contributed by atoms with Gasteiger partial charge in [0.05, 0.1) is 0 Å². The van der Waals surface area contributed by atoms with Crippen molar-refractivity contribution in [2.24, 2.45) is 0 Å². The number of benzene rings is 2. The first kappa shape index (κ1) is 24.4. The molecule has 2 rings (SSSR count). The molecule has 0 heterocycles. The third-order valence-corrected chi connectivity index (χ3v) is 7.52. The molecule has 2 aromatic carbocycles. The SMILES string of the molecule is CCCCCCCCCSc1ccc(-c2ccc(SCCCCCC)cc2)cc1. The molecular formula is C27H40S2. The molecule has 0 saturated carbocycles. The normalized spacial score (nSPS) is 11.1. The third-order valence-electron chi connectivity index (χ3n) is 5.33. The lowest BCUT2D eigenvalue weighted by Crippen LogP contribution is -1.84. The van der Waals surface area contributed by atoms with Crippen LogP contribution in [0.5, 0.6) is 0 Å². The Morgan fingerprint density at radius 3 is 1.21 bits per heavy atom. The van der Waals surface area contributed by atoms with Crippen LogP contribution < -0.4 is 0 Å². The highest BCUT2D eigenvalue weighted by Gasteiger charge is 2.01. The van der Waals surface area contributed by atoms with Gasteiger partial charge >= 0.3 is 0 Å². The van der Waals surface area contributed by atoms with E-state index < -0.39 is 0 Å². The van der Waals surface area contributed by atoms with Crippen molar-refractivity contribution >= 4 is 23.5 Å². The average Bonchev–Trinajstić information content (AvgIpc) is 2.76. The number of hydrogen-bond donors (Lipinski definition) is 0. The zero-order valence-corrected chi connectivity index (χ0v) is 20.3. The highest BCUT2D eigenvalue weighted by molar-refractivity contribution is 7.99. The minimum absolute atomic E-state index is 1.24. The fourth-order valence-electron chi connectivity index (χ4n) is 3.46. The molecule has 0 fully saturated rings. The van der Waals surface area contributed by atoms with Crippen LogP contribution in [0.4, 0.5) is 0 Å². The van der Waals surface area contributed by atoms with Crippen molar-refractivity contribution in [3.63, 3.8) is 0 Å². The number of rotatable bonds is 16. The van der Waals surface area contributed by atoms with Crippen LogP contribution in [0.3, 0.4) is 0 Å². The molecule has 0 bridgehead atoms. The molecule has 0 saturated heterocycles. The predicted octanol–water partition coefficient (Wildman–Crippen LogP) is 9.87. The van der Waals surface area contributed by atoms with Crippen LogP contribution in [-0.2, 0) is 0 Å². The average molecular weight is 429 g/mol. The Labute approximate surface area is 188 Å². The monoisotopic (exact) mass is 428 g/mol. The molecule has 0 aliphatic carbocycles. The summed E-state index contributed by atoms with van der Waals surface area (Å²) in [5.74, 6) is 2.49. The number of hydrogen-bond acceptors (Lipinski definition) is 2. The van der Waals surface area contributed by atoms with Gasteiger partial charge in [-0.3, -0.25) is 0 Å². The topological polar surface area (TPSA) is 0 Å². The molecule has 0 N–H and O–H groups in total. The van der Waals surface area contributed by atoms with Crippen LogP contribution in [-0.4, -0.2) is 11.5 Å². The van der Waals surface area contributed by atoms with Crippen molar-refractivity contribution in [3.05, 3.63) is 48.5 Å². The summed E-state index contributed by atoms with van der Waals surface area (Å²) in [4.78, 5) is 2.80. The first-order valence-electron chi connectivity index (χ1n) is 11.8. The van der Waals surface area contributed by atoms with Gasteiger partial charge in [-0.1, -0.05) is 95.9 Å².